The molecule has 3 rings (SSSR count). The smallest absolute Gasteiger partial charge is 0.387 e. The van der Waals surface area contributed by atoms with Crippen LogP contribution in [-0.4, -0.2) is 24.6 Å². The third-order valence-corrected chi connectivity index (χ3v) is 3.74. The second-order valence-electron chi connectivity index (χ2n) is 5.26. The number of nitro benzene ring substituents is 1. The Labute approximate surface area is 146 Å². The molecule has 0 atom stereocenters. The zero-order chi connectivity index (χ0) is 18.8. The lowest BCUT2D eigenvalue weighted by molar-refractivity contribution is -0.385. The van der Waals surface area contributed by atoms with E-state index in [9.17, 15) is 23.7 Å². The third kappa shape index (κ3) is 3.18. The highest BCUT2D eigenvalue weighted by atomic mass is 19.3. The van der Waals surface area contributed by atoms with E-state index < -0.39 is 28.9 Å². The normalized spacial score (nSPS) is 14.3. The fourth-order valence-electron chi connectivity index (χ4n) is 2.62. The van der Waals surface area contributed by atoms with Crippen LogP contribution < -0.4 is 14.8 Å². The van der Waals surface area contributed by atoms with Crippen LogP contribution in [-0.2, 0) is 4.79 Å². The summed E-state index contributed by atoms with van der Waals surface area (Å²) in [5.74, 6) is -1.01. The molecule has 0 spiro atoms. The number of carbonyl (C=O) groups excluding carboxylic acids is 1. The van der Waals surface area contributed by atoms with Crippen LogP contribution in [0.15, 0.2) is 36.4 Å². The van der Waals surface area contributed by atoms with Crippen molar-refractivity contribution in [1.29, 1.82) is 0 Å². The van der Waals surface area contributed by atoms with Gasteiger partial charge in [0.25, 0.3) is 11.6 Å². The first-order valence-electron chi connectivity index (χ1n) is 7.34. The Bertz CT molecular complexity index is 927. The Hall–Kier alpha value is -3.49. The van der Waals surface area contributed by atoms with Gasteiger partial charge in [0.1, 0.15) is 0 Å². The number of hydrogen-bond acceptors (Lipinski definition) is 5. The molecule has 134 valence electrons. The molecule has 7 nitrogen and oxygen atoms in total. The van der Waals surface area contributed by atoms with Crippen LogP contribution in [0.25, 0.3) is 11.6 Å². The monoisotopic (exact) mass is 362 g/mol. The van der Waals surface area contributed by atoms with Crippen molar-refractivity contribution < 1.29 is 28.0 Å². The van der Waals surface area contributed by atoms with E-state index in [0.29, 0.717) is 11.3 Å². The largest absolute Gasteiger partial charge is 0.493 e. The second kappa shape index (κ2) is 6.79. The van der Waals surface area contributed by atoms with Crippen LogP contribution in [0.3, 0.4) is 0 Å². The molecule has 0 aromatic heterocycles. The number of anilines is 1. The van der Waals surface area contributed by atoms with Crippen LogP contribution in [0.4, 0.5) is 20.2 Å². The summed E-state index contributed by atoms with van der Waals surface area (Å²) in [6, 6.07) is 8.87. The number of ether oxygens (including phenoxy) is 2. The summed E-state index contributed by atoms with van der Waals surface area (Å²) < 4.78 is 34.2. The van der Waals surface area contributed by atoms with Crippen LogP contribution in [0.5, 0.6) is 11.5 Å². The summed E-state index contributed by atoms with van der Waals surface area (Å²) in [7, 11) is 1.22. The minimum absolute atomic E-state index is 0.0234. The van der Waals surface area contributed by atoms with Gasteiger partial charge in [-0.15, -0.1) is 0 Å². The average Bonchev–Trinajstić information content (AvgIpc) is 2.90. The van der Waals surface area contributed by atoms with Gasteiger partial charge < -0.3 is 14.8 Å². The summed E-state index contributed by atoms with van der Waals surface area (Å²) in [6.07, 6.45) is 1.31. The molecule has 1 aliphatic rings. The van der Waals surface area contributed by atoms with Gasteiger partial charge in [-0.25, -0.2) is 0 Å². The number of halogens is 2. The van der Waals surface area contributed by atoms with E-state index in [1.807, 2.05) is 0 Å². The molecular weight excluding hydrogens is 350 g/mol. The first-order chi connectivity index (χ1) is 12.4. The van der Waals surface area contributed by atoms with E-state index in [4.69, 9.17) is 4.74 Å². The van der Waals surface area contributed by atoms with Crippen molar-refractivity contribution in [3.05, 3.63) is 57.6 Å². The lowest BCUT2D eigenvalue weighted by Gasteiger charge is -2.11. The fourth-order valence-corrected chi connectivity index (χ4v) is 2.62. The maximum absolute atomic E-state index is 12.5. The number of carbonyl (C=O) groups is 1. The molecule has 1 amide bonds. The molecule has 0 bridgehead atoms. The molecule has 0 saturated heterocycles. The average molecular weight is 362 g/mol. The maximum atomic E-state index is 12.5. The second-order valence-corrected chi connectivity index (χ2v) is 5.26. The van der Waals surface area contributed by atoms with Crippen molar-refractivity contribution in [3.63, 3.8) is 0 Å². The van der Waals surface area contributed by atoms with Crippen molar-refractivity contribution in [3.8, 4) is 11.5 Å². The molecule has 1 N–H and O–H groups in total. The van der Waals surface area contributed by atoms with Crippen LogP contribution >= 0.6 is 0 Å². The number of nitrogens with one attached hydrogen (secondary N) is 1. The van der Waals surface area contributed by atoms with Crippen LogP contribution in [0.1, 0.15) is 11.1 Å². The number of nitrogens with zero attached hydrogens (tertiary/aromatic N) is 1. The molecule has 0 unspecified atom stereocenters. The van der Waals surface area contributed by atoms with Crippen molar-refractivity contribution in [2.75, 3.05) is 12.4 Å². The van der Waals surface area contributed by atoms with E-state index >= 15 is 0 Å². The Morgan fingerprint density at radius 2 is 1.96 bits per heavy atom. The number of benzene rings is 2. The zero-order valence-electron chi connectivity index (χ0n) is 13.4. The van der Waals surface area contributed by atoms with Crippen molar-refractivity contribution in [2.24, 2.45) is 0 Å². The van der Waals surface area contributed by atoms with Crippen LogP contribution in [0.2, 0.25) is 0 Å². The third-order valence-electron chi connectivity index (χ3n) is 3.74. The molecule has 26 heavy (non-hydrogen) atoms. The first kappa shape index (κ1) is 17.3. The number of fused-ring (bicyclic) bond motifs is 1. The van der Waals surface area contributed by atoms with Gasteiger partial charge in [-0.1, -0.05) is 18.2 Å². The molecular formula is C17H12F2N2O5. The summed E-state index contributed by atoms with van der Waals surface area (Å²) >= 11 is 0. The molecule has 2 aromatic rings. The summed E-state index contributed by atoms with van der Waals surface area (Å²) in [5.41, 5.74) is 0.907. The van der Waals surface area contributed by atoms with Gasteiger partial charge in [0.05, 0.1) is 23.7 Å². The Morgan fingerprint density at radius 1 is 1.23 bits per heavy atom. The van der Waals surface area contributed by atoms with Gasteiger partial charge in [-0.05, 0) is 18.2 Å². The van der Waals surface area contributed by atoms with Crippen LogP contribution in [0, 0.1) is 10.1 Å². The maximum Gasteiger partial charge on any atom is 0.387 e. The number of alkyl halides is 2. The Morgan fingerprint density at radius 3 is 2.62 bits per heavy atom. The van der Waals surface area contributed by atoms with Gasteiger partial charge in [0.2, 0.25) is 0 Å². The quantitative estimate of drug-likeness (QED) is 0.498. The molecule has 9 heteroatoms. The highest BCUT2D eigenvalue weighted by molar-refractivity contribution is 6.35. The molecule has 2 aromatic carbocycles. The predicted octanol–water partition coefficient (Wildman–Crippen LogP) is 3.70. The lowest BCUT2D eigenvalue weighted by atomic mass is 10.0. The summed E-state index contributed by atoms with van der Waals surface area (Å²) in [6.45, 7) is -3.17. The van der Waals surface area contributed by atoms with Gasteiger partial charge in [-0.2, -0.15) is 8.78 Å². The Kier molecular flexibility index (Phi) is 4.53. The minimum Gasteiger partial charge on any atom is -0.493 e. The van der Waals surface area contributed by atoms with Crippen molar-refractivity contribution in [2.45, 2.75) is 6.61 Å². The minimum atomic E-state index is -3.17. The van der Waals surface area contributed by atoms with Gasteiger partial charge in [0.15, 0.2) is 11.5 Å². The summed E-state index contributed by atoms with van der Waals surface area (Å²) in [5, 5.41) is 14.0. The standard InChI is InChI=1S/C17H12F2N2O5/c1-25-14-7-9(13(21(23)24)8-15(14)26-17(18)19)6-11-10-4-2-3-5-12(10)20-16(11)22/h2-8,17H,1H3,(H,20,22). The highest BCUT2D eigenvalue weighted by Crippen LogP contribution is 2.39. The van der Waals surface area contributed by atoms with Crippen molar-refractivity contribution >= 4 is 28.9 Å². The number of rotatable bonds is 5. The van der Waals surface area contributed by atoms with Gasteiger partial charge >= 0.3 is 6.61 Å². The van der Waals surface area contributed by atoms with Gasteiger partial charge in [0, 0.05) is 16.8 Å². The number of amides is 1. The predicted molar refractivity (Wildman–Crippen MR) is 89.2 cm³/mol. The topological polar surface area (TPSA) is 90.7 Å². The molecule has 0 radical (unpaired) electrons. The molecule has 1 aliphatic heterocycles. The number of methoxy groups -OCH3 is 1. The fraction of sp³-hybridized carbons (Fsp3) is 0.118. The number of nitro groups is 1. The Balaban J connectivity index is 2.15. The lowest BCUT2D eigenvalue weighted by Crippen LogP contribution is -2.06. The summed E-state index contributed by atoms with van der Waals surface area (Å²) in [4.78, 5) is 22.8. The molecule has 0 aliphatic carbocycles. The SMILES string of the molecule is COc1cc(C=C2C(=O)Nc3ccccc32)c([N+](=O)[O-])cc1OC(F)F. The molecule has 1 heterocycles. The number of hydrogen-bond donors (Lipinski definition) is 1. The first-order valence-corrected chi connectivity index (χ1v) is 7.34. The van der Waals surface area contributed by atoms with Gasteiger partial charge in [-0.3, -0.25) is 14.9 Å². The molecule has 0 saturated carbocycles. The van der Waals surface area contributed by atoms with E-state index in [1.165, 1.54) is 19.3 Å². The van der Waals surface area contributed by atoms with E-state index in [-0.39, 0.29) is 16.9 Å². The van der Waals surface area contributed by atoms with E-state index in [0.717, 1.165) is 6.07 Å². The van der Waals surface area contributed by atoms with E-state index in [1.54, 1.807) is 24.3 Å². The van der Waals surface area contributed by atoms with Crippen molar-refractivity contribution in [1.82, 2.24) is 0 Å². The number of para-hydroxylation sites is 1. The molecule has 0 fully saturated rings. The van der Waals surface area contributed by atoms with E-state index in [2.05, 4.69) is 10.1 Å². The zero-order valence-corrected chi connectivity index (χ0v) is 13.4. The highest BCUT2D eigenvalue weighted by Gasteiger charge is 2.26.